The number of rotatable bonds is 2. The molecule has 0 atom stereocenters. The largest absolute Gasteiger partial charge is 0.364 e. The lowest BCUT2D eigenvalue weighted by molar-refractivity contribution is -0.117. The summed E-state index contributed by atoms with van der Waals surface area (Å²) in [4.78, 5) is 26.0. The van der Waals surface area contributed by atoms with Crippen molar-refractivity contribution in [1.29, 1.82) is 0 Å². The minimum absolute atomic E-state index is 0.176. The van der Waals surface area contributed by atoms with Crippen LogP contribution in [0, 0.1) is 0 Å². The van der Waals surface area contributed by atoms with E-state index < -0.39 is 11.8 Å². The molecule has 7 heteroatoms. The molecule has 0 saturated carbocycles. The highest BCUT2D eigenvalue weighted by atomic mass is 16.2. The molecule has 0 aliphatic carbocycles. The Balaban J connectivity index is 2.39. The van der Waals surface area contributed by atoms with Crippen LogP contribution >= 0.6 is 0 Å². The zero-order chi connectivity index (χ0) is 11.7. The average Bonchev–Trinajstić information content (AvgIpc) is 2.52. The predicted octanol–water partition coefficient (Wildman–Crippen LogP) is -1.53. The van der Waals surface area contributed by atoms with E-state index >= 15 is 0 Å². The number of carbonyl (C=O) groups excluding carboxylic acids is 2. The highest BCUT2D eigenvalue weighted by Gasteiger charge is 2.26. The number of nitrogens with two attached hydrogens (primary N) is 2. The van der Waals surface area contributed by atoms with Gasteiger partial charge in [0.05, 0.1) is 11.9 Å². The van der Waals surface area contributed by atoms with E-state index in [1.807, 2.05) is 0 Å². The fourth-order valence-electron chi connectivity index (χ4n) is 1.35. The lowest BCUT2D eigenvalue weighted by Gasteiger charge is -2.20. The molecule has 0 fully saturated rings. The van der Waals surface area contributed by atoms with Gasteiger partial charge in [-0.15, -0.1) is 0 Å². The van der Waals surface area contributed by atoms with Crippen LogP contribution in [0.5, 0.6) is 0 Å². The number of hydrogen-bond acceptors (Lipinski definition) is 5. The molecule has 0 aromatic carbocycles. The van der Waals surface area contributed by atoms with Crippen LogP contribution in [-0.4, -0.2) is 23.0 Å². The SMILES string of the molecule is NC(=O)C1=CC2=CN=CC=C(C(N)=O)N2N1. The fourth-order valence-corrected chi connectivity index (χ4v) is 1.35. The molecule has 2 aliphatic rings. The normalized spacial score (nSPS) is 17.8. The molecule has 82 valence electrons. The lowest BCUT2D eigenvalue weighted by Crippen LogP contribution is -2.38. The maximum absolute atomic E-state index is 11.2. The van der Waals surface area contributed by atoms with Crippen molar-refractivity contribution in [3.8, 4) is 0 Å². The topological polar surface area (TPSA) is 114 Å². The molecule has 0 unspecified atom stereocenters. The smallest absolute Gasteiger partial charge is 0.267 e. The maximum Gasteiger partial charge on any atom is 0.267 e. The Morgan fingerprint density at radius 2 is 2.06 bits per heavy atom. The number of nitrogens with zero attached hydrogens (tertiary/aromatic N) is 2. The van der Waals surface area contributed by atoms with E-state index in [0.29, 0.717) is 5.70 Å². The number of nitrogens with one attached hydrogen (secondary N) is 1. The van der Waals surface area contributed by atoms with Gasteiger partial charge in [-0.2, -0.15) is 0 Å². The van der Waals surface area contributed by atoms with Crippen molar-refractivity contribution in [3.05, 3.63) is 35.4 Å². The Morgan fingerprint density at radius 3 is 2.69 bits per heavy atom. The van der Waals surface area contributed by atoms with Crippen LogP contribution in [0.4, 0.5) is 0 Å². The zero-order valence-electron chi connectivity index (χ0n) is 8.18. The molecule has 2 rings (SSSR count). The Bertz CT molecular complexity index is 486. The van der Waals surface area contributed by atoms with Gasteiger partial charge in [0.1, 0.15) is 11.4 Å². The van der Waals surface area contributed by atoms with Gasteiger partial charge in [0.15, 0.2) is 0 Å². The molecule has 0 radical (unpaired) electrons. The summed E-state index contributed by atoms with van der Waals surface area (Å²) >= 11 is 0. The fraction of sp³-hybridized carbons (Fsp3) is 0. The number of primary amides is 2. The van der Waals surface area contributed by atoms with Crippen molar-refractivity contribution in [1.82, 2.24) is 10.4 Å². The highest BCUT2D eigenvalue weighted by Crippen LogP contribution is 2.21. The third-order valence-corrected chi connectivity index (χ3v) is 2.07. The third kappa shape index (κ3) is 1.54. The first-order chi connectivity index (χ1) is 7.59. The van der Waals surface area contributed by atoms with Crippen molar-refractivity contribution in [2.45, 2.75) is 0 Å². The van der Waals surface area contributed by atoms with Crippen molar-refractivity contribution in [3.63, 3.8) is 0 Å². The summed E-state index contributed by atoms with van der Waals surface area (Å²) in [5.41, 5.74) is 13.9. The number of hydrazine groups is 1. The van der Waals surface area contributed by atoms with E-state index in [2.05, 4.69) is 10.4 Å². The predicted molar refractivity (Wildman–Crippen MR) is 56.1 cm³/mol. The molecule has 0 bridgehead atoms. The molecule has 16 heavy (non-hydrogen) atoms. The first-order valence-corrected chi connectivity index (χ1v) is 4.41. The van der Waals surface area contributed by atoms with Crippen molar-refractivity contribution in [2.24, 2.45) is 16.5 Å². The summed E-state index contributed by atoms with van der Waals surface area (Å²) in [6, 6.07) is 0. The van der Waals surface area contributed by atoms with Crippen LogP contribution < -0.4 is 16.9 Å². The molecule has 0 spiro atoms. The second-order valence-electron chi connectivity index (χ2n) is 3.14. The minimum Gasteiger partial charge on any atom is -0.364 e. The lowest BCUT2D eigenvalue weighted by atomic mass is 10.3. The first-order valence-electron chi connectivity index (χ1n) is 4.41. The van der Waals surface area contributed by atoms with Gasteiger partial charge in [-0.25, -0.2) is 5.01 Å². The maximum atomic E-state index is 11.2. The van der Waals surface area contributed by atoms with Crippen LogP contribution in [0.25, 0.3) is 0 Å². The van der Waals surface area contributed by atoms with Crippen molar-refractivity contribution in [2.75, 3.05) is 0 Å². The van der Waals surface area contributed by atoms with Gasteiger partial charge in [-0.1, -0.05) is 0 Å². The molecule has 7 nitrogen and oxygen atoms in total. The number of aliphatic imine (C=N–C) groups is 1. The third-order valence-electron chi connectivity index (χ3n) is 2.07. The highest BCUT2D eigenvalue weighted by molar-refractivity contribution is 5.98. The van der Waals surface area contributed by atoms with Crippen molar-refractivity contribution >= 4 is 18.0 Å². The molecule has 0 saturated heterocycles. The van der Waals surface area contributed by atoms with E-state index in [0.717, 1.165) is 0 Å². The van der Waals surface area contributed by atoms with E-state index in [4.69, 9.17) is 11.5 Å². The number of carbonyl (C=O) groups is 2. The molecular formula is C9H9N5O2. The molecule has 2 aliphatic heterocycles. The Morgan fingerprint density at radius 1 is 1.31 bits per heavy atom. The van der Waals surface area contributed by atoms with Crippen LogP contribution in [0.3, 0.4) is 0 Å². The van der Waals surface area contributed by atoms with E-state index in [1.165, 1.54) is 29.6 Å². The number of allylic oxidation sites excluding steroid dienone is 2. The van der Waals surface area contributed by atoms with Crippen molar-refractivity contribution < 1.29 is 9.59 Å². The summed E-state index contributed by atoms with van der Waals surface area (Å²) in [6.45, 7) is 0. The number of amides is 2. The van der Waals surface area contributed by atoms with Gasteiger partial charge in [-0.05, 0) is 12.2 Å². The summed E-state index contributed by atoms with van der Waals surface area (Å²) in [5, 5.41) is 1.36. The summed E-state index contributed by atoms with van der Waals surface area (Å²) in [7, 11) is 0. The van der Waals surface area contributed by atoms with Crippen LogP contribution in [-0.2, 0) is 9.59 Å². The minimum atomic E-state index is -0.633. The monoisotopic (exact) mass is 219 g/mol. The Hall–Kier alpha value is -2.57. The summed E-state index contributed by atoms with van der Waals surface area (Å²) < 4.78 is 0. The van der Waals surface area contributed by atoms with Crippen LogP contribution in [0.1, 0.15) is 0 Å². The Kier molecular flexibility index (Phi) is 2.20. The van der Waals surface area contributed by atoms with E-state index in [-0.39, 0.29) is 11.4 Å². The Labute approximate surface area is 90.8 Å². The molecule has 0 aromatic heterocycles. The molecule has 5 N–H and O–H groups in total. The zero-order valence-corrected chi connectivity index (χ0v) is 8.18. The molecule has 2 heterocycles. The molecular weight excluding hydrogens is 210 g/mol. The van der Waals surface area contributed by atoms with Crippen LogP contribution in [0.2, 0.25) is 0 Å². The van der Waals surface area contributed by atoms with Gasteiger partial charge in [0.2, 0.25) is 0 Å². The average molecular weight is 219 g/mol. The summed E-state index contributed by atoms with van der Waals surface area (Å²) in [6.07, 6.45) is 5.85. The van der Waals surface area contributed by atoms with Gasteiger partial charge >= 0.3 is 0 Å². The second kappa shape index (κ2) is 3.54. The molecule has 0 aromatic rings. The quantitative estimate of drug-likeness (QED) is 0.522. The second-order valence-corrected chi connectivity index (χ2v) is 3.14. The van der Waals surface area contributed by atoms with Crippen LogP contribution in [0.15, 0.2) is 40.4 Å². The van der Waals surface area contributed by atoms with Gasteiger partial charge in [0.25, 0.3) is 11.8 Å². The van der Waals surface area contributed by atoms with Gasteiger partial charge in [0, 0.05) is 6.21 Å². The number of fused-ring (bicyclic) bond motifs is 1. The standard InChI is InChI=1S/C9H9N5O2/c10-8(15)6-3-5-4-12-2-1-7(9(11)16)14(5)13-6/h1-4,13H,(H2,10,15)(H2,11,16). The first kappa shape index (κ1) is 9.97. The molecule has 2 amide bonds. The van der Waals surface area contributed by atoms with E-state index in [9.17, 15) is 9.59 Å². The van der Waals surface area contributed by atoms with Gasteiger partial charge < -0.3 is 11.5 Å². The van der Waals surface area contributed by atoms with E-state index in [1.54, 1.807) is 0 Å². The van der Waals surface area contributed by atoms with Gasteiger partial charge in [-0.3, -0.25) is 20.0 Å². The summed E-state index contributed by atoms with van der Waals surface area (Å²) in [5.74, 6) is -1.26. The number of hydrogen-bond donors (Lipinski definition) is 3.